The maximum absolute atomic E-state index is 12.9. The Morgan fingerprint density at radius 1 is 0.629 bits per heavy atom. The van der Waals surface area contributed by atoms with Crippen molar-refractivity contribution in [3.8, 4) is 0 Å². The molecule has 1 saturated heterocycles. The molecule has 1 heterocycles. The number of carbonyl (C=O) groups excluding carboxylic acids is 2. The lowest BCUT2D eigenvalue weighted by Crippen LogP contribution is -2.25. The predicted octanol–water partition coefficient (Wildman–Crippen LogP) is 5.01. The van der Waals surface area contributed by atoms with Crippen LogP contribution in [0.15, 0.2) is 84.9 Å². The summed E-state index contributed by atoms with van der Waals surface area (Å²) in [6.45, 7) is 0. The zero-order valence-corrected chi connectivity index (χ0v) is 19.9. The van der Waals surface area contributed by atoms with Gasteiger partial charge >= 0.3 is 0 Å². The van der Waals surface area contributed by atoms with Crippen molar-refractivity contribution in [1.82, 2.24) is 0 Å². The van der Waals surface area contributed by atoms with E-state index in [-0.39, 0.29) is 36.2 Å². The van der Waals surface area contributed by atoms with Gasteiger partial charge in [0.25, 0.3) is 0 Å². The van der Waals surface area contributed by atoms with Gasteiger partial charge in [0.05, 0.1) is 11.5 Å². The smallest absolute Gasteiger partial charge is 0.224 e. The molecule has 2 unspecified atom stereocenters. The van der Waals surface area contributed by atoms with Crippen LogP contribution in [-0.4, -0.2) is 31.7 Å². The standard InChI is InChI=1S/C28H26N2O4S/c31-27(29-25-13-5-9-19-7-1-3-11-23(19)25)15-21-17-35(33,34)18-22(21)16-28(32)30-26-14-6-10-20-8-2-4-12-24(20)26/h1-14,21-22H,15-18H2,(H,29,31)(H,30,32). The molecule has 6 nitrogen and oxygen atoms in total. The quantitative estimate of drug-likeness (QED) is 0.401. The van der Waals surface area contributed by atoms with Gasteiger partial charge in [-0.1, -0.05) is 72.8 Å². The van der Waals surface area contributed by atoms with Crippen LogP contribution in [0, 0.1) is 11.8 Å². The van der Waals surface area contributed by atoms with Gasteiger partial charge in [-0.3, -0.25) is 9.59 Å². The third-order valence-electron chi connectivity index (χ3n) is 6.63. The molecule has 0 bridgehead atoms. The van der Waals surface area contributed by atoms with E-state index < -0.39 is 21.7 Å². The molecule has 0 aliphatic carbocycles. The number of amides is 2. The van der Waals surface area contributed by atoms with E-state index in [1.165, 1.54) is 0 Å². The van der Waals surface area contributed by atoms with Crippen molar-refractivity contribution in [3.05, 3.63) is 84.9 Å². The molecule has 0 aromatic heterocycles. The Morgan fingerprint density at radius 2 is 1.03 bits per heavy atom. The molecule has 178 valence electrons. The molecule has 0 saturated carbocycles. The number of nitrogens with one attached hydrogen (secondary N) is 2. The number of fused-ring (bicyclic) bond motifs is 2. The molecule has 2 amide bonds. The third-order valence-corrected chi connectivity index (χ3v) is 8.50. The number of rotatable bonds is 6. The highest BCUT2D eigenvalue weighted by Gasteiger charge is 2.39. The summed E-state index contributed by atoms with van der Waals surface area (Å²) >= 11 is 0. The number of carbonyl (C=O) groups is 2. The fourth-order valence-corrected chi connectivity index (χ4v) is 7.21. The van der Waals surface area contributed by atoms with E-state index in [0.717, 1.165) is 21.5 Å². The Kier molecular flexibility index (Phi) is 6.26. The first kappa shape index (κ1) is 23.1. The molecule has 1 aliphatic heterocycles. The van der Waals surface area contributed by atoms with Gasteiger partial charge in [-0.15, -0.1) is 0 Å². The van der Waals surface area contributed by atoms with Crippen LogP contribution in [0.25, 0.3) is 21.5 Å². The summed E-state index contributed by atoms with van der Waals surface area (Å²) in [7, 11) is -3.31. The number of hydrogen-bond acceptors (Lipinski definition) is 4. The zero-order valence-electron chi connectivity index (χ0n) is 19.1. The van der Waals surface area contributed by atoms with Gasteiger partial charge in [0.15, 0.2) is 9.84 Å². The normalized spacial score (nSPS) is 19.0. The second kappa shape index (κ2) is 9.50. The number of benzene rings is 4. The topological polar surface area (TPSA) is 92.3 Å². The van der Waals surface area contributed by atoms with Gasteiger partial charge in [0, 0.05) is 35.0 Å². The summed E-state index contributed by atoms with van der Waals surface area (Å²) in [4.78, 5) is 25.8. The second-order valence-corrected chi connectivity index (χ2v) is 11.3. The average Bonchev–Trinajstić information content (AvgIpc) is 3.11. The second-order valence-electron chi connectivity index (χ2n) is 9.16. The predicted molar refractivity (Wildman–Crippen MR) is 140 cm³/mol. The molecule has 2 atom stereocenters. The lowest BCUT2D eigenvalue weighted by Gasteiger charge is -2.18. The Labute approximate surface area is 204 Å². The Morgan fingerprint density at radius 3 is 1.49 bits per heavy atom. The van der Waals surface area contributed by atoms with Gasteiger partial charge < -0.3 is 10.6 Å². The minimum atomic E-state index is -3.31. The monoisotopic (exact) mass is 486 g/mol. The van der Waals surface area contributed by atoms with Crippen LogP contribution in [0.3, 0.4) is 0 Å². The summed E-state index contributed by atoms with van der Waals surface area (Å²) in [6, 6.07) is 26.9. The molecular weight excluding hydrogens is 460 g/mol. The van der Waals surface area contributed by atoms with Gasteiger partial charge in [0.1, 0.15) is 0 Å². The maximum atomic E-state index is 12.9. The summed E-state index contributed by atoms with van der Waals surface area (Å²) in [5, 5.41) is 9.75. The van der Waals surface area contributed by atoms with Gasteiger partial charge in [-0.25, -0.2) is 8.42 Å². The van der Waals surface area contributed by atoms with Crippen LogP contribution in [-0.2, 0) is 19.4 Å². The highest BCUT2D eigenvalue weighted by atomic mass is 32.2. The summed E-state index contributed by atoms with van der Waals surface area (Å²) in [5.41, 5.74) is 1.39. The SMILES string of the molecule is O=C(CC1CS(=O)(=O)CC1CC(=O)Nc1cccc2ccccc12)Nc1cccc2ccccc12. The summed E-state index contributed by atoms with van der Waals surface area (Å²) < 4.78 is 24.8. The van der Waals surface area contributed by atoms with E-state index in [0.29, 0.717) is 11.4 Å². The van der Waals surface area contributed by atoms with E-state index in [2.05, 4.69) is 10.6 Å². The largest absolute Gasteiger partial charge is 0.326 e. The highest BCUT2D eigenvalue weighted by molar-refractivity contribution is 7.91. The maximum Gasteiger partial charge on any atom is 0.224 e. The van der Waals surface area contributed by atoms with Crippen molar-refractivity contribution in [1.29, 1.82) is 0 Å². The number of hydrogen-bond donors (Lipinski definition) is 2. The van der Waals surface area contributed by atoms with Crippen LogP contribution in [0.4, 0.5) is 11.4 Å². The molecule has 5 rings (SSSR count). The van der Waals surface area contributed by atoms with Crippen molar-refractivity contribution in [3.63, 3.8) is 0 Å². The Balaban J connectivity index is 1.28. The molecule has 1 fully saturated rings. The van der Waals surface area contributed by atoms with Crippen molar-refractivity contribution < 1.29 is 18.0 Å². The average molecular weight is 487 g/mol. The lowest BCUT2D eigenvalue weighted by molar-refractivity contribution is -0.119. The first-order chi connectivity index (χ1) is 16.9. The Bertz CT molecular complexity index is 1410. The molecule has 0 radical (unpaired) electrons. The van der Waals surface area contributed by atoms with E-state index in [9.17, 15) is 18.0 Å². The number of sulfone groups is 1. The number of anilines is 2. The van der Waals surface area contributed by atoms with Gasteiger partial charge in [0.2, 0.25) is 11.8 Å². The minimum Gasteiger partial charge on any atom is -0.326 e. The molecule has 0 spiro atoms. The molecule has 4 aromatic rings. The highest BCUT2D eigenvalue weighted by Crippen LogP contribution is 2.32. The van der Waals surface area contributed by atoms with E-state index in [1.54, 1.807) is 0 Å². The molecule has 35 heavy (non-hydrogen) atoms. The van der Waals surface area contributed by atoms with Gasteiger partial charge in [-0.05, 0) is 34.7 Å². The Hall–Kier alpha value is -3.71. The molecule has 2 N–H and O–H groups in total. The van der Waals surface area contributed by atoms with Crippen molar-refractivity contribution in [2.45, 2.75) is 12.8 Å². The van der Waals surface area contributed by atoms with E-state index in [1.807, 2.05) is 84.9 Å². The summed E-state index contributed by atoms with van der Waals surface area (Å²) in [6.07, 6.45) is 0.101. The van der Waals surface area contributed by atoms with Crippen LogP contribution >= 0.6 is 0 Å². The zero-order chi connectivity index (χ0) is 24.4. The van der Waals surface area contributed by atoms with E-state index >= 15 is 0 Å². The van der Waals surface area contributed by atoms with Crippen LogP contribution < -0.4 is 10.6 Å². The minimum absolute atomic E-state index is 0.0503. The van der Waals surface area contributed by atoms with Crippen LogP contribution in [0.2, 0.25) is 0 Å². The van der Waals surface area contributed by atoms with Crippen molar-refractivity contribution in [2.75, 3.05) is 22.1 Å². The molecule has 4 aromatic carbocycles. The fraction of sp³-hybridized carbons (Fsp3) is 0.214. The fourth-order valence-electron chi connectivity index (χ4n) is 4.99. The first-order valence-electron chi connectivity index (χ1n) is 11.6. The van der Waals surface area contributed by atoms with E-state index in [4.69, 9.17) is 0 Å². The van der Waals surface area contributed by atoms with Crippen molar-refractivity contribution in [2.24, 2.45) is 11.8 Å². The van der Waals surface area contributed by atoms with Crippen LogP contribution in [0.5, 0.6) is 0 Å². The third kappa shape index (κ3) is 5.20. The molecule has 1 aliphatic rings. The summed E-state index contributed by atoms with van der Waals surface area (Å²) in [5.74, 6) is -1.48. The van der Waals surface area contributed by atoms with Gasteiger partial charge in [-0.2, -0.15) is 0 Å². The molecule has 7 heteroatoms. The first-order valence-corrected chi connectivity index (χ1v) is 13.5. The molecular formula is C28H26N2O4S. The van der Waals surface area contributed by atoms with Crippen molar-refractivity contribution >= 4 is 54.6 Å². The van der Waals surface area contributed by atoms with Crippen LogP contribution in [0.1, 0.15) is 12.8 Å². The lowest BCUT2D eigenvalue weighted by atomic mass is 9.89.